The predicted molar refractivity (Wildman–Crippen MR) is 151 cm³/mol. The van der Waals surface area contributed by atoms with Gasteiger partial charge >= 0.3 is 0 Å². The van der Waals surface area contributed by atoms with Crippen molar-refractivity contribution in [2.75, 3.05) is 12.8 Å². The summed E-state index contributed by atoms with van der Waals surface area (Å²) in [5.41, 5.74) is 0. The first kappa shape index (κ1) is 31.4. The standard InChI is InChI=1S/C28H54BN2O2S/c1-25(32)31-27(28(33)30-2)24-34-29-26-22-20-18-16-14-12-10-8-6-4-3-5-7-9-11-13-15-17-19-21-23-26/h26-27H,3-24H2,1-2H3,(H,30,33)(H,31,32)/t27-/m0/s1. The summed E-state index contributed by atoms with van der Waals surface area (Å²) in [7, 11) is 1.63. The molecule has 34 heavy (non-hydrogen) atoms. The fraction of sp³-hybridized carbons (Fsp3) is 0.929. The Morgan fingerprint density at radius 3 is 1.38 bits per heavy atom. The topological polar surface area (TPSA) is 58.2 Å². The molecule has 2 N–H and O–H groups in total. The summed E-state index contributed by atoms with van der Waals surface area (Å²) >= 11 is 1.72. The van der Waals surface area contributed by atoms with Crippen LogP contribution in [-0.4, -0.2) is 37.2 Å². The molecule has 1 saturated carbocycles. The van der Waals surface area contributed by atoms with Crippen molar-refractivity contribution in [1.29, 1.82) is 0 Å². The van der Waals surface area contributed by atoms with E-state index in [1.165, 1.54) is 142 Å². The Hall–Kier alpha value is -0.645. The van der Waals surface area contributed by atoms with Crippen molar-refractivity contribution in [2.24, 2.45) is 0 Å². The van der Waals surface area contributed by atoms with Gasteiger partial charge in [-0.3, -0.25) is 9.59 Å². The molecule has 2 amide bonds. The summed E-state index contributed by atoms with van der Waals surface area (Å²) in [5, 5.41) is 5.45. The molecule has 0 aromatic carbocycles. The number of hydrogen-bond acceptors (Lipinski definition) is 3. The molecule has 0 aliphatic heterocycles. The monoisotopic (exact) mass is 493 g/mol. The van der Waals surface area contributed by atoms with Gasteiger partial charge in [-0.1, -0.05) is 141 Å². The lowest BCUT2D eigenvalue weighted by Gasteiger charge is -2.19. The van der Waals surface area contributed by atoms with Crippen LogP contribution in [0.4, 0.5) is 0 Å². The van der Waals surface area contributed by atoms with Gasteiger partial charge in [0, 0.05) is 19.7 Å². The van der Waals surface area contributed by atoms with Crippen LogP contribution in [0.15, 0.2) is 0 Å². The van der Waals surface area contributed by atoms with Crippen LogP contribution < -0.4 is 10.6 Å². The molecule has 0 bridgehead atoms. The van der Waals surface area contributed by atoms with Crippen molar-refractivity contribution in [3.8, 4) is 0 Å². The average molecular weight is 494 g/mol. The van der Waals surface area contributed by atoms with Gasteiger partial charge in [0.1, 0.15) is 6.04 Å². The molecule has 0 aromatic heterocycles. The molecule has 197 valence electrons. The minimum atomic E-state index is -0.454. The smallest absolute Gasteiger partial charge is 0.243 e. The second-order valence-corrected chi connectivity index (χ2v) is 11.3. The van der Waals surface area contributed by atoms with E-state index in [1.807, 2.05) is 0 Å². The third kappa shape index (κ3) is 18.7. The van der Waals surface area contributed by atoms with E-state index in [9.17, 15) is 9.59 Å². The van der Waals surface area contributed by atoms with Gasteiger partial charge < -0.3 is 10.6 Å². The Kier molecular flexibility index (Phi) is 21.0. The Labute approximate surface area is 216 Å². The molecule has 1 fully saturated rings. The zero-order valence-corrected chi connectivity index (χ0v) is 23.3. The van der Waals surface area contributed by atoms with Gasteiger partial charge in [0.05, 0.1) is 0 Å². The van der Waals surface area contributed by atoms with Crippen LogP contribution in [0.1, 0.15) is 142 Å². The van der Waals surface area contributed by atoms with Gasteiger partial charge in [-0.05, 0) is 0 Å². The molecule has 0 saturated heterocycles. The Balaban J connectivity index is 2.40. The zero-order chi connectivity index (χ0) is 24.7. The molecule has 0 unspecified atom stereocenters. The maximum absolute atomic E-state index is 12.1. The van der Waals surface area contributed by atoms with Gasteiger partial charge in [0.2, 0.25) is 11.8 Å². The van der Waals surface area contributed by atoms with Crippen molar-refractivity contribution >= 4 is 30.0 Å². The van der Waals surface area contributed by atoms with E-state index in [-0.39, 0.29) is 11.8 Å². The first-order valence-corrected chi connectivity index (χ1v) is 15.6. The van der Waals surface area contributed by atoms with E-state index >= 15 is 0 Å². The highest BCUT2D eigenvalue weighted by Crippen LogP contribution is 2.27. The van der Waals surface area contributed by atoms with Crippen LogP contribution in [0.5, 0.6) is 0 Å². The molecule has 1 atom stereocenters. The molecular formula is C28H54BN2O2S. The van der Waals surface area contributed by atoms with E-state index < -0.39 is 6.04 Å². The van der Waals surface area contributed by atoms with Crippen LogP contribution in [0.25, 0.3) is 0 Å². The number of carbonyl (C=O) groups is 2. The van der Waals surface area contributed by atoms with E-state index in [0.717, 1.165) is 0 Å². The third-order valence-electron chi connectivity index (χ3n) is 7.14. The lowest BCUT2D eigenvalue weighted by atomic mass is 9.77. The maximum atomic E-state index is 12.1. The normalized spacial score (nSPS) is 20.8. The van der Waals surface area contributed by atoms with Crippen LogP contribution in [0.2, 0.25) is 5.82 Å². The predicted octanol–water partition coefficient (Wildman–Crippen LogP) is 7.58. The largest absolute Gasteiger partial charge is 0.357 e. The number of hydrogen-bond donors (Lipinski definition) is 2. The van der Waals surface area contributed by atoms with Gasteiger partial charge in [-0.25, -0.2) is 11.6 Å². The number of likely N-dealkylation sites (N-methyl/N-ethyl adjacent to an activating group) is 1. The summed E-state index contributed by atoms with van der Waals surface area (Å²) in [6, 6.07) is -0.454. The lowest BCUT2D eigenvalue weighted by Crippen LogP contribution is -2.46. The van der Waals surface area contributed by atoms with Crippen LogP contribution in [-0.2, 0) is 9.59 Å². The summed E-state index contributed by atoms with van der Waals surface area (Å²) in [5.74, 6) is 0.961. The van der Waals surface area contributed by atoms with Crippen LogP contribution >= 0.6 is 11.6 Å². The highest BCUT2D eigenvalue weighted by atomic mass is 32.2. The lowest BCUT2D eigenvalue weighted by molar-refractivity contribution is -0.127. The molecule has 0 aromatic rings. The second-order valence-electron chi connectivity index (χ2n) is 10.4. The molecule has 6 heteroatoms. The summed E-state index contributed by atoms with van der Waals surface area (Å²) in [6.07, 6.45) is 29.2. The SMILES string of the molecule is CNC(=O)[C@H](CS[B]C1CCCCCCCCCCCCCCCCCCCCC1)NC(C)=O. The molecule has 0 spiro atoms. The molecule has 1 aliphatic carbocycles. The van der Waals surface area contributed by atoms with E-state index in [4.69, 9.17) is 0 Å². The molecule has 1 radical (unpaired) electrons. The summed E-state index contributed by atoms with van der Waals surface area (Å²) in [6.45, 7) is 3.85. The molecule has 0 heterocycles. The zero-order valence-electron chi connectivity index (χ0n) is 22.5. The van der Waals surface area contributed by atoms with Crippen LogP contribution in [0, 0.1) is 0 Å². The van der Waals surface area contributed by atoms with Gasteiger partial charge in [-0.2, -0.15) is 0 Å². The summed E-state index contributed by atoms with van der Waals surface area (Å²) < 4.78 is 0. The summed E-state index contributed by atoms with van der Waals surface area (Å²) in [4.78, 5) is 23.5. The van der Waals surface area contributed by atoms with E-state index in [2.05, 4.69) is 17.2 Å². The van der Waals surface area contributed by atoms with Crippen molar-refractivity contribution < 1.29 is 9.59 Å². The highest BCUT2D eigenvalue weighted by molar-refractivity contribution is 8.22. The molecular weight excluding hydrogens is 439 g/mol. The van der Waals surface area contributed by atoms with Crippen LogP contribution in [0.3, 0.4) is 0 Å². The van der Waals surface area contributed by atoms with E-state index in [0.29, 0.717) is 11.6 Å². The van der Waals surface area contributed by atoms with Gasteiger partial charge in [0.15, 0.2) is 6.56 Å². The minimum absolute atomic E-state index is 0.112. The Morgan fingerprint density at radius 1 is 0.706 bits per heavy atom. The fourth-order valence-electron chi connectivity index (χ4n) is 4.99. The van der Waals surface area contributed by atoms with Crippen molar-refractivity contribution in [1.82, 2.24) is 10.6 Å². The van der Waals surface area contributed by atoms with Crippen molar-refractivity contribution in [2.45, 2.75) is 154 Å². The third-order valence-corrected chi connectivity index (χ3v) is 8.24. The van der Waals surface area contributed by atoms with Gasteiger partial charge in [-0.15, -0.1) is 0 Å². The second kappa shape index (κ2) is 22.8. The number of nitrogens with one attached hydrogen (secondary N) is 2. The Morgan fingerprint density at radius 2 is 1.06 bits per heavy atom. The molecule has 4 nitrogen and oxygen atoms in total. The minimum Gasteiger partial charge on any atom is -0.357 e. The van der Waals surface area contributed by atoms with Crippen molar-refractivity contribution in [3.05, 3.63) is 0 Å². The fourth-order valence-corrected chi connectivity index (χ4v) is 6.07. The molecule has 1 rings (SSSR count). The Bertz CT molecular complexity index is 485. The van der Waals surface area contributed by atoms with E-state index in [1.54, 1.807) is 18.7 Å². The number of amides is 2. The number of rotatable bonds is 6. The number of carbonyl (C=O) groups excluding carboxylic acids is 2. The first-order valence-electron chi connectivity index (χ1n) is 14.6. The highest BCUT2D eigenvalue weighted by Gasteiger charge is 2.19. The van der Waals surface area contributed by atoms with Gasteiger partial charge in [0.25, 0.3) is 0 Å². The van der Waals surface area contributed by atoms with Crippen molar-refractivity contribution in [3.63, 3.8) is 0 Å². The molecule has 1 aliphatic rings. The first-order chi connectivity index (χ1) is 16.6. The quantitative estimate of drug-likeness (QED) is 0.375. The average Bonchev–Trinajstić information content (AvgIpc) is 2.82. The maximum Gasteiger partial charge on any atom is 0.243 e.